The van der Waals surface area contributed by atoms with Gasteiger partial charge in [-0.1, -0.05) is 54.1 Å². The number of fused-ring (bicyclic) bond motifs is 1. The van der Waals surface area contributed by atoms with E-state index in [2.05, 4.69) is 15.3 Å². The highest BCUT2D eigenvalue weighted by atomic mass is 35.5. The van der Waals surface area contributed by atoms with Crippen molar-refractivity contribution in [2.24, 2.45) is 0 Å². The van der Waals surface area contributed by atoms with Crippen LogP contribution in [0.5, 0.6) is 0 Å². The molecule has 0 fully saturated rings. The molecule has 0 aliphatic rings. The number of hydrogen-bond donors (Lipinski definition) is 1. The third-order valence-corrected chi connectivity index (χ3v) is 4.73. The lowest BCUT2D eigenvalue weighted by Crippen LogP contribution is -2.08. The second kappa shape index (κ2) is 7.72. The molecule has 5 heteroatoms. The van der Waals surface area contributed by atoms with E-state index < -0.39 is 0 Å². The lowest BCUT2D eigenvalue weighted by atomic mass is 10.1. The Bertz CT molecular complexity index is 1100. The molecule has 0 aliphatic heterocycles. The SMILES string of the molecule is Fc1ccccc1-c1nc(NCCc2ccccc2Cl)c2ccccc2n1. The average Bonchev–Trinajstić information content (AvgIpc) is 2.69. The Morgan fingerprint density at radius 3 is 2.44 bits per heavy atom. The van der Waals surface area contributed by atoms with Crippen molar-refractivity contribution in [2.75, 3.05) is 11.9 Å². The van der Waals surface area contributed by atoms with Gasteiger partial charge in [-0.2, -0.15) is 0 Å². The first-order valence-corrected chi connectivity index (χ1v) is 9.09. The number of rotatable bonds is 5. The highest BCUT2D eigenvalue weighted by molar-refractivity contribution is 6.31. The maximum absolute atomic E-state index is 14.2. The van der Waals surface area contributed by atoms with Crippen molar-refractivity contribution in [2.45, 2.75) is 6.42 Å². The minimum absolute atomic E-state index is 0.338. The van der Waals surface area contributed by atoms with Gasteiger partial charge in [0.05, 0.1) is 11.1 Å². The van der Waals surface area contributed by atoms with E-state index in [9.17, 15) is 4.39 Å². The first-order valence-electron chi connectivity index (χ1n) is 8.71. The van der Waals surface area contributed by atoms with Crippen molar-refractivity contribution >= 4 is 28.3 Å². The molecule has 4 rings (SSSR count). The van der Waals surface area contributed by atoms with Gasteiger partial charge >= 0.3 is 0 Å². The molecule has 4 aromatic rings. The van der Waals surface area contributed by atoms with Gasteiger partial charge in [0.25, 0.3) is 0 Å². The molecule has 0 amide bonds. The van der Waals surface area contributed by atoms with E-state index in [1.165, 1.54) is 6.07 Å². The fourth-order valence-electron chi connectivity index (χ4n) is 2.99. The molecule has 3 nitrogen and oxygen atoms in total. The van der Waals surface area contributed by atoms with Crippen molar-refractivity contribution in [1.29, 1.82) is 0 Å². The Balaban J connectivity index is 1.67. The fourth-order valence-corrected chi connectivity index (χ4v) is 3.22. The molecule has 0 aliphatic carbocycles. The standard InChI is InChI=1S/C22H17ClFN3/c23-18-10-4-1-7-15(18)13-14-25-21-17-9-3-6-12-20(17)26-22(27-21)16-8-2-5-11-19(16)24/h1-12H,13-14H2,(H,25,26,27). The van der Waals surface area contributed by atoms with Gasteiger partial charge < -0.3 is 5.32 Å². The van der Waals surface area contributed by atoms with Crippen LogP contribution in [0.15, 0.2) is 72.8 Å². The van der Waals surface area contributed by atoms with Crippen LogP contribution in [-0.4, -0.2) is 16.5 Å². The van der Waals surface area contributed by atoms with Crippen molar-refractivity contribution in [3.63, 3.8) is 0 Å². The Kier molecular flexibility index (Phi) is 4.99. The maximum atomic E-state index is 14.2. The van der Waals surface area contributed by atoms with Crippen LogP contribution in [0.25, 0.3) is 22.3 Å². The summed E-state index contributed by atoms with van der Waals surface area (Å²) in [6.07, 6.45) is 0.757. The van der Waals surface area contributed by atoms with Gasteiger partial charge in [0.2, 0.25) is 0 Å². The monoisotopic (exact) mass is 377 g/mol. The number of hydrogen-bond acceptors (Lipinski definition) is 3. The number of para-hydroxylation sites is 1. The summed E-state index contributed by atoms with van der Waals surface area (Å²) in [6.45, 7) is 0.654. The molecule has 1 aromatic heterocycles. The predicted octanol–water partition coefficient (Wildman–Crippen LogP) is 5.74. The van der Waals surface area contributed by atoms with Crippen LogP contribution >= 0.6 is 11.6 Å². The first-order chi connectivity index (χ1) is 13.2. The molecule has 0 spiro atoms. The molecule has 0 bridgehead atoms. The zero-order valence-corrected chi connectivity index (χ0v) is 15.2. The van der Waals surface area contributed by atoms with Gasteiger partial charge in [-0.15, -0.1) is 0 Å². The van der Waals surface area contributed by atoms with Crippen molar-refractivity contribution in [3.8, 4) is 11.4 Å². The maximum Gasteiger partial charge on any atom is 0.165 e. The van der Waals surface area contributed by atoms with Gasteiger partial charge in [-0.05, 0) is 42.3 Å². The number of nitrogens with zero attached hydrogens (tertiary/aromatic N) is 2. The molecule has 1 N–H and O–H groups in total. The van der Waals surface area contributed by atoms with E-state index in [-0.39, 0.29) is 5.82 Å². The minimum Gasteiger partial charge on any atom is -0.369 e. The molecule has 0 atom stereocenters. The number of halogens is 2. The quantitative estimate of drug-likeness (QED) is 0.481. The number of anilines is 1. The number of nitrogens with one attached hydrogen (secondary N) is 1. The van der Waals surface area contributed by atoms with E-state index in [0.29, 0.717) is 23.8 Å². The van der Waals surface area contributed by atoms with Crippen LogP contribution in [0.1, 0.15) is 5.56 Å². The van der Waals surface area contributed by atoms with Crippen LogP contribution in [-0.2, 0) is 6.42 Å². The summed E-state index contributed by atoms with van der Waals surface area (Å²) in [5.41, 5.74) is 2.22. The molecule has 134 valence electrons. The van der Waals surface area contributed by atoms with E-state index in [0.717, 1.165) is 27.9 Å². The fraction of sp³-hybridized carbons (Fsp3) is 0.0909. The van der Waals surface area contributed by atoms with E-state index in [1.54, 1.807) is 18.2 Å². The summed E-state index contributed by atoms with van der Waals surface area (Å²) in [5.74, 6) is 0.716. The van der Waals surface area contributed by atoms with E-state index in [1.807, 2.05) is 48.5 Å². The first kappa shape index (κ1) is 17.4. The molecule has 0 radical (unpaired) electrons. The van der Waals surface area contributed by atoms with E-state index >= 15 is 0 Å². The Hall–Kier alpha value is -2.98. The minimum atomic E-state index is -0.338. The molecular weight excluding hydrogens is 361 g/mol. The topological polar surface area (TPSA) is 37.8 Å². The zero-order valence-electron chi connectivity index (χ0n) is 14.5. The van der Waals surface area contributed by atoms with Crippen molar-refractivity contribution < 1.29 is 4.39 Å². The Morgan fingerprint density at radius 1 is 0.852 bits per heavy atom. The predicted molar refractivity (Wildman–Crippen MR) is 109 cm³/mol. The molecular formula is C22H17ClFN3. The highest BCUT2D eigenvalue weighted by Crippen LogP contribution is 2.26. The van der Waals surface area contributed by atoms with Crippen LogP contribution < -0.4 is 5.32 Å². The van der Waals surface area contributed by atoms with Crippen molar-refractivity contribution in [1.82, 2.24) is 9.97 Å². The van der Waals surface area contributed by atoms with Crippen LogP contribution in [0.4, 0.5) is 10.2 Å². The largest absolute Gasteiger partial charge is 0.369 e. The van der Waals surface area contributed by atoms with Gasteiger partial charge in [-0.3, -0.25) is 0 Å². The van der Waals surface area contributed by atoms with E-state index in [4.69, 9.17) is 11.6 Å². The number of aromatic nitrogens is 2. The number of benzene rings is 3. The van der Waals surface area contributed by atoms with Gasteiger partial charge in [-0.25, -0.2) is 14.4 Å². The van der Waals surface area contributed by atoms with Gasteiger partial charge in [0, 0.05) is 17.0 Å². The van der Waals surface area contributed by atoms with Crippen molar-refractivity contribution in [3.05, 3.63) is 89.2 Å². The summed E-state index contributed by atoms with van der Waals surface area (Å²) >= 11 is 6.23. The second-order valence-electron chi connectivity index (χ2n) is 6.16. The summed E-state index contributed by atoms with van der Waals surface area (Å²) in [5, 5.41) is 5.01. The summed E-state index contributed by atoms with van der Waals surface area (Å²) in [6, 6.07) is 22.0. The molecule has 0 saturated carbocycles. The van der Waals surface area contributed by atoms with Gasteiger partial charge in [0.15, 0.2) is 5.82 Å². The lowest BCUT2D eigenvalue weighted by Gasteiger charge is -2.12. The van der Waals surface area contributed by atoms with Crippen LogP contribution in [0, 0.1) is 5.82 Å². The molecule has 27 heavy (non-hydrogen) atoms. The summed E-state index contributed by atoms with van der Waals surface area (Å²) < 4.78 is 14.2. The Morgan fingerprint density at radius 2 is 1.59 bits per heavy atom. The average molecular weight is 378 g/mol. The molecule has 0 unspecified atom stereocenters. The zero-order chi connectivity index (χ0) is 18.6. The summed E-state index contributed by atoms with van der Waals surface area (Å²) in [4.78, 5) is 9.13. The Labute approximate surface area is 161 Å². The van der Waals surface area contributed by atoms with Gasteiger partial charge in [0.1, 0.15) is 11.6 Å². The molecule has 3 aromatic carbocycles. The normalized spacial score (nSPS) is 10.9. The second-order valence-corrected chi connectivity index (χ2v) is 6.57. The summed E-state index contributed by atoms with van der Waals surface area (Å²) in [7, 11) is 0. The molecule has 1 heterocycles. The molecule has 0 saturated heterocycles. The highest BCUT2D eigenvalue weighted by Gasteiger charge is 2.12. The van der Waals surface area contributed by atoms with Crippen LogP contribution in [0.3, 0.4) is 0 Å². The third-order valence-electron chi connectivity index (χ3n) is 4.36. The smallest absolute Gasteiger partial charge is 0.165 e. The third kappa shape index (κ3) is 3.76. The lowest BCUT2D eigenvalue weighted by molar-refractivity contribution is 0.630. The van der Waals surface area contributed by atoms with Crippen LogP contribution in [0.2, 0.25) is 5.02 Å².